The Balaban J connectivity index is 1.86. The fourth-order valence-corrected chi connectivity index (χ4v) is 1.87. The molecule has 0 amide bonds. The van der Waals surface area contributed by atoms with Gasteiger partial charge in [-0.1, -0.05) is 0 Å². The van der Waals surface area contributed by atoms with Gasteiger partial charge in [-0.05, 0) is 46.8 Å². The lowest BCUT2D eigenvalue weighted by atomic mass is 10.4. The molecular formula is C10H11BrN4. The van der Waals surface area contributed by atoms with Crippen LogP contribution in [0.4, 0.5) is 5.82 Å². The SMILES string of the molecule is Brc1cnc2ccc(NCC3CC3)nn12. The number of aromatic nitrogens is 3. The van der Waals surface area contributed by atoms with Crippen molar-refractivity contribution in [3.8, 4) is 0 Å². The van der Waals surface area contributed by atoms with Crippen LogP contribution in [0.2, 0.25) is 0 Å². The van der Waals surface area contributed by atoms with Crippen LogP contribution in [0.1, 0.15) is 12.8 Å². The third kappa shape index (κ3) is 1.84. The van der Waals surface area contributed by atoms with Gasteiger partial charge in [-0.25, -0.2) is 9.50 Å². The Morgan fingerprint density at radius 2 is 2.33 bits per heavy atom. The maximum absolute atomic E-state index is 4.43. The summed E-state index contributed by atoms with van der Waals surface area (Å²) in [6.45, 7) is 1.03. The summed E-state index contributed by atoms with van der Waals surface area (Å²) in [5, 5.41) is 7.77. The molecule has 4 nitrogen and oxygen atoms in total. The van der Waals surface area contributed by atoms with Gasteiger partial charge in [0.25, 0.3) is 0 Å². The Morgan fingerprint density at radius 3 is 3.13 bits per heavy atom. The lowest BCUT2D eigenvalue weighted by molar-refractivity contribution is 0.856. The summed E-state index contributed by atoms with van der Waals surface area (Å²) in [6.07, 6.45) is 4.46. The van der Waals surface area contributed by atoms with Crippen LogP contribution in [0.3, 0.4) is 0 Å². The minimum Gasteiger partial charge on any atom is -0.368 e. The largest absolute Gasteiger partial charge is 0.368 e. The van der Waals surface area contributed by atoms with Crippen molar-refractivity contribution < 1.29 is 0 Å². The average Bonchev–Trinajstić information content (AvgIpc) is 3.02. The highest BCUT2D eigenvalue weighted by Crippen LogP contribution is 2.28. The number of anilines is 1. The zero-order valence-corrected chi connectivity index (χ0v) is 9.74. The first-order chi connectivity index (χ1) is 7.33. The molecular weight excluding hydrogens is 256 g/mol. The Labute approximate surface area is 95.8 Å². The van der Waals surface area contributed by atoms with Gasteiger partial charge >= 0.3 is 0 Å². The van der Waals surface area contributed by atoms with Crippen LogP contribution in [-0.2, 0) is 0 Å². The summed E-state index contributed by atoms with van der Waals surface area (Å²) < 4.78 is 2.67. The van der Waals surface area contributed by atoms with Crippen LogP contribution < -0.4 is 5.32 Å². The maximum Gasteiger partial charge on any atom is 0.154 e. The summed E-state index contributed by atoms with van der Waals surface area (Å²) in [5.41, 5.74) is 0.860. The smallest absolute Gasteiger partial charge is 0.154 e. The van der Waals surface area contributed by atoms with Gasteiger partial charge in [0.05, 0.1) is 6.20 Å². The molecule has 0 saturated heterocycles. The molecule has 5 heteroatoms. The van der Waals surface area contributed by atoms with E-state index in [9.17, 15) is 0 Å². The van der Waals surface area contributed by atoms with Crippen LogP contribution >= 0.6 is 15.9 Å². The number of hydrogen-bond donors (Lipinski definition) is 1. The number of nitrogens with zero attached hydrogens (tertiary/aromatic N) is 3. The van der Waals surface area contributed by atoms with E-state index >= 15 is 0 Å². The second-order valence-corrected chi connectivity index (χ2v) is 4.71. The number of rotatable bonds is 3. The van der Waals surface area contributed by atoms with Crippen molar-refractivity contribution in [2.45, 2.75) is 12.8 Å². The maximum atomic E-state index is 4.43. The highest BCUT2D eigenvalue weighted by atomic mass is 79.9. The summed E-state index contributed by atoms with van der Waals surface area (Å²) in [7, 11) is 0. The van der Waals surface area contributed by atoms with E-state index in [0.717, 1.165) is 28.5 Å². The molecule has 0 radical (unpaired) electrons. The van der Waals surface area contributed by atoms with Crippen molar-refractivity contribution >= 4 is 27.4 Å². The first-order valence-corrected chi connectivity index (χ1v) is 5.86. The predicted octanol–water partition coefficient (Wildman–Crippen LogP) is 2.31. The third-order valence-corrected chi connectivity index (χ3v) is 3.13. The Hall–Kier alpha value is -1.10. The molecule has 0 atom stereocenters. The molecule has 78 valence electrons. The van der Waals surface area contributed by atoms with E-state index in [-0.39, 0.29) is 0 Å². The van der Waals surface area contributed by atoms with Gasteiger partial charge in [-0.2, -0.15) is 0 Å². The quantitative estimate of drug-likeness (QED) is 0.927. The van der Waals surface area contributed by atoms with E-state index in [0.29, 0.717) is 0 Å². The molecule has 0 spiro atoms. The molecule has 1 aliphatic carbocycles. The predicted molar refractivity (Wildman–Crippen MR) is 61.9 cm³/mol. The van der Waals surface area contributed by atoms with Gasteiger partial charge in [-0.3, -0.25) is 0 Å². The third-order valence-electron chi connectivity index (χ3n) is 2.59. The van der Waals surface area contributed by atoms with Crippen LogP contribution in [-0.4, -0.2) is 21.1 Å². The summed E-state index contributed by atoms with van der Waals surface area (Å²) in [5.74, 6) is 1.77. The van der Waals surface area contributed by atoms with Crippen molar-refractivity contribution in [1.82, 2.24) is 14.6 Å². The summed E-state index contributed by atoms with van der Waals surface area (Å²) >= 11 is 3.40. The first kappa shape index (κ1) is 9.15. The highest BCUT2D eigenvalue weighted by molar-refractivity contribution is 9.10. The second-order valence-electron chi connectivity index (χ2n) is 3.89. The van der Waals surface area contributed by atoms with E-state index in [1.807, 2.05) is 12.1 Å². The Bertz CT molecular complexity index is 489. The van der Waals surface area contributed by atoms with Gasteiger partial charge < -0.3 is 5.32 Å². The second kappa shape index (κ2) is 3.48. The Morgan fingerprint density at radius 1 is 1.47 bits per heavy atom. The lowest BCUT2D eigenvalue weighted by Crippen LogP contribution is -2.06. The topological polar surface area (TPSA) is 42.2 Å². The minimum atomic E-state index is 0.855. The molecule has 15 heavy (non-hydrogen) atoms. The standard InChI is InChI=1S/C10H11BrN4/c11-8-6-13-10-4-3-9(14-15(8)10)12-5-7-1-2-7/h3-4,6-7H,1-2,5H2,(H,12,14). The number of imidazole rings is 1. The highest BCUT2D eigenvalue weighted by Gasteiger charge is 2.20. The first-order valence-electron chi connectivity index (χ1n) is 5.07. The van der Waals surface area contributed by atoms with Crippen molar-refractivity contribution in [2.75, 3.05) is 11.9 Å². The lowest BCUT2D eigenvalue weighted by Gasteiger charge is -2.04. The van der Waals surface area contributed by atoms with Crippen molar-refractivity contribution in [3.63, 3.8) is 0 Å². The Kier molecular flexibility index (Phi) is 2.12. The van der Waals surface area contributed by atoms with Gasteiger partial charge in [0.2, 0.25) is 0 Å². The number of hydrogen-bond acceptors (Lipinski definition) is 3. The molecule has 0 aliphatic heterocycles. The molecule has 2 aromatic heterocycles. The van der Waals surface area contributed by atoms with Gasteiger partial charge in [0.1, 0.15) is 10.4 Å². The number of nitrogens with one attached hydrogen (secondary N) is 1. The van der Waals surface area contributed by atoms with E-state index in [1.54, 1.807) is 10.7 Å². The van der Waals surface area contributed by atoms with Crippen LogP contribution in [0, 0.1) is 5.92 Å². The average molecular weight is 267 g/mol. The molecule has 2 heterocycles. The van der Waals surface area contributed by atoms with Crippen LogP contribution in [0.5, 0.6) is 0 Å². The van der Waals surface area contributed by atoms with Crippen molar-refractivity contribution in [3.05, 3.63) is 22.9 Å². The molecule has 2 aromatic rings. The van der Waals surface area contributed by atoms with Crippen molar-refractivity contribution in [1.29, 1.82) is 0 Å². The monoisotopic (exact) mass is 266 g/mol. The zero-order valence-electron chi connectivity index (χ0n) is 8.15. The fourth-order valence-electron chi connectivity index (χ4n) is 1.51. The molecule has 1 N–H and O–H groups in total. The summed E-state index contributed by atoms with van der Waals surface area (Å²) in [4.78, 5) is 4.19. The zero-order chi connectivity index (χ0) is 10.3. The van der Waals surface area contributed by atoms with Crippen molar-refractivity contribution in [2.24, 2.45) is 5.92 Å². The normalized spacial score (nSPS) is 15.8. The summed E-state index contributed by atoms with van der Waals surface area (Å²) in [6, 6.07) is 3.93. The number of fused-ring (bicyclic) bond motifs is 1. The molecule has 0 bridgehead atoms. The molecule has 1 aliphatic rings. The van der Waals surface area contributed by atoms with Gasteiger partial charge in [0, 0.05) is 6.54 Å². The van der Waals surface area contributed by atoms with Crippen LogP contribution in [0.25, 0.3) is 5.65 Å². The minimum absolute atomic E-state index is 0.855. The number of halogens is 1. The molecule has 1 fully saturated rings. The van der Waals surface area contributed by atoms with Gasteiger partial charge in [-0.15, -0.1) is 5.10 Å². The molecule has 0 unspecified atom stereocenters. The van der Waals surface area contributed by atoms with E-state index in [1.165, 1.54) is 12.8 Å². The molecule has 3 rings (SSSR count). The van der Waals surface area contributed by atoms with E-state index in [2.05, 4.69) is 31.3 Å². The molecule has 0 aromatic carbocycles. The van der Waals surface area contributed by atoms with Gasteiger partial charge in [0.15, 0.2) is 5.65 Å². The van der Waals surface area contributed by atoms with Crippen LogP contribution in [0.15, 0.2) is 22.9 Å². The van der Waals surface area contributed by atoms with E-state index < -0.39 is 0 Å². The van der Waals surface area contributed by atoms with E-state index in [4.69, 9.17) is 0 Å². The molecule has 1 saturated carbocycles. The fraction of sp³-hybridized carbons (Fsp3) is 0.400.